The van der Waals surface area contributed by atoms with Crippen molar-refractivity contribution in [3.05, 3.63) is 83.9 Å². The van der Waals surface area contributed by atoms with Gasteiger partial charge in [-0.15, -0.1) is 0 Å². The van der Waals surface area contributed by atoms with Gasteiger partial charge < -0.3 is 14.6 Å². The summed E-state index contributed by atoms with van der Waals surface area (Å²) >= 11 is 0. The molecule has 172 valence electrons. The number of carbonyl (C=O) groups is 2. The molecule has 0 aliphatic carbocycles. The van der Waals surface area contributed by atoms with E-state index in [0.29, 0.717) is 17.9 Å². The van der Waals surface area contributed by atoms with Crippen molar-refractivity contribution in [1.82, 2.24) is 0 Å². The van der Waals surface area contributed by atoms with Crippen LogP contribution in [0.4, 0.5) is 0 Å². The van der Waals surface area contributed by atoms with Crippen LogP contribution in [0.5, 0.6) is 11.5 Å². The Balaban J connectivity index is 1.48. The molecule has 1 N–H and O–H groups in total. The Kier molecular flexibility index (Phi) is 9.07. The van der Waals surface area contributed by atoms with Crippen molar-refractivity contribution in [2.45, 2.75) is 45.4 Å². The Hall–Kier alpha value is -3.60. The number of carboxylic acids is 1. The third-order valence-corrected chi connectivity index (χ3v) is 5.39. The zero-order valence-corrected chi connectivity index (χ0v) is 19.0. The molecule has 0 aliphatic rings. The molecule has 0 aromatic heterocycles. The largest absolute Gasteiger partial charge is 0.494 e. The zero-order valence-electron chi connectivity index (χ0n) is 19.0. The first-order chi connectivity index (χ1) is 16.1. The Bertz CT molecular complexity index is 1020. The van der Waals surface area contributed by atoms with Gasteiger partial charge in [-0.1, -0.05) is 63.3 Å². The average Bonchev–Trinajstić information content (AvgIpc) is 2.84. The van der Waals surface area contributed by atoms with Crippen molar-refractivity contribution in [3.63, 3.8) is 0 Å². The van der Waals surface area contributed by atoms with Crippen LogP contribution in [-0.4, -0.2) is 23.7 Å². The van der Waals surface area contributed by atoms with Crippen LogP contribution in [0.1, 0.15) is 66.2 Å². The number of unbranched alkanes of at least 4 members (excludes halogenated alkanes) is 5. The predicted molar refractivity (Wildman–Crippen MR) is 129 cm³/mol. The maximum atomic E-state index is 12.4. The molecule has 5 heteroatoms. The van der Waals surface area contributed by atoms with Gasteiger partial charge >= 0.3 is 11.9 Å². The number of carbonyl (C=O) groups excluding carboxylic acids is 1. The van der Waals surface area contributed by atoms with Crippen LogP contribution in [0, 0.1) is 0 Å². The second-order valence-electron chi connectivity index (χ2n) is 7.94. The molecule has 0 fully saturated rings. The minimum absolute atomic E-state index is 0.239. The van der Waals surface area contributed by atoms with Gasteiger partial charge in [-0.25, -0.2) is 9.59 Å². The zero-order chi connectivity index (χ0) is 23.5. The Labute approximate surface area is 195 Å². The van der Waals surface area contributed by atoms with Crippen LogP contribution in [0.25, 0.3) is 11.1 Å². The first-order valence-corrected chi connectivity index (χ1v) is 11.5. The molecule has 33 heavy (non-hydrogen) atoms. The number of hydrogen-bond donors (Lipinski definition) is 1. The van der Waals surface area contributed by atoms with Crippen molar-refractivity contribution in [2.75, 3.05) is 6.61 Å². The third-order valence-electron chi connectivity index (χ3n) is 5.39. The van der Waals surface area contributed by atoms with Crippen molar-refractivity contribution in [1.29, 1.82) is 0 Å². The van der Waals surface area contributed by atoms with Crippen molar-refractivity contribution in [3.8, 4) is 22.6 Å². The minimum atomic E-state index is -0.957. The first kappa shape index (κ1) is 24.1. The minimum Gasteiger partial charge on any atom is -0.494 e. The van der Waals surface area contributed by atoms with Gasteiger partial charge in [0.25, 0.3) is 0 Å². The van der Waals surface area contributed by atoms with Gasteiger partial charge in [0.05, 0.1) is 17.7 Å². The SMILES string of the molecule is CCCCCCCCOc1ccc(C(=O)Oc2ccc(-c3ccc(C(=O)O)cc3)cc2)cc1. The molecule has 0 unspecified atom stereocenters. The molecule has 0 atom stereocenters. The van der Waals surface area contributed by atoms with Gasteiger partial charge in [-0.05, 0) is 66.1 Å². The number of aromatic carboxylic acids is 1. The fourth-order valence-corrected chi connectivity index (χ4v) is 3.45. The van der Waals surface area contributed by atoms with Crippen molar-refractivity contribution < 1.29 is 24.2 Å². The second kappa shape index (κ2) is 12.4. The molecule has 3 rings (SSSR count). The van der Waals surface area contributed by atoms with E-state index in [9.17, 15) is 9.59 Å². The lowest BCUT2D eigenvalue weighted by molar-refractivity contribution is 0.0694. The van der Waals surface area contributed by atoms with Gasteiger partial charge in [0.15, 0.2) is 0 Å². The summed E-state index contributed by atoms with van der Waals surface area (Å²) in [4.78, 5) is 23.4. The molecular formula is C28H30O5. The molecule has 0 saturated carbocycles. The van der Waals surface area contributed by atoms with E-state index in [4.69, 9.17) is 14.6 Å². The second-order valence-corrected chi connectivity index (χ2v) is 7.94. The van der Waals surface area contributed by atoms with Crippen LogP contribution in [0.15, 0.2) is 72.8 Å². The molecule has 0 spiro atoms. The lowest BCUT2D eigenvalue weighted by Crippen LogP contribution is -2.08. The summed E-state index contributed by atoms with van der Waals surface area (Å²) in [6, 6.07) is 20.7. The van der Waals surface area contributed by atoms with Crippen molar-refractivity contribution >= 4 is 11.9 Å². The van der Waals surface area contributed by atoms with Crippen LogP contribution in [-0.2, 0) is 0 Å². The number of benzene rings is 3. The quantitative estimate of drug-likeness (QED) is 0.184. The highest BCUT2D eigenvalue weighted by Gasteiger charge is 2.10. The van der Waals surface area contributed by atoms with E-state index in [-0.39, 0.29) is 5.56 Å². The maximum Gasteiger partial charge on any atom is 0.343 e. The Morgan fingerprint density at radius 1 is 0.667 bits per heavy atom. The number of ether oxygens (including phenoxy) is 2. The molecule has 0 heterocycles. The molecule has 5 nitrogen and oxygen atoms in total. The number of rotatable bonds is 12. The third kappa shape index (κ3) is 7.49. The van der Waals surface area contributed by atoms with Crippen LogP contribution < -0.4 is 9.47 Å². The number of carboxylic acid groups (broad SMARTS) is 1. The fourth-order valence-electron chi connectivity index (χ4n) is 3.45. The Morgan fingerprint density at radius 3 is 1.79 bits per heavy atom. The summed E-state index contributed by atoms with van der Waals surface area (Å²) in [5, 5.41) is 9.00. The predicted octanol–water partition coefficient (Wildman–Crippen LogP) is 7.01. The van der Waals surface area contributed by atoms with E-state index in [1.807, 2.05) is 12.1 Å². The van der Waals surface area contributed by atoms with Crippen LogP contribution in [0.2, 0.25) is 0 Å². The summed E-state index contributed by atoms with van der Waals surface area (Å²) in [6.07, 6.45) is 7.30. The Morgan fingerprint density at radius 2 is 1.18 bits per heavy atom. The van der Waals surface area contributed by atoms with Gasteiger partial charge in [-0.3, -0.25) is 0 Å². The number of esters is 1. The van der Waals surface area contributed by atoms with Crippen LogP contribution in [0.3, 0.4) is 0 Å². The highest BCUT2D eigenvalue weighted by Crippen LogP contribution is 2.24. The summed E-state index contributed by atoms with van der Waals surface area (Å²) in [7, 11) is 0. The molecule has 0 amide bonds. The summed E-state index contributed by atoms with van der Waals surface area (Å²) in [5.74, 6) is -0.204. The molecular weight excluding hydrogens is 416 g/mol. The van der Waals surface area contributed by atoms with Crippen molar-refractivity contribution in [2.24, 2.45) is 0 Å². The van der Waals surface area contributed by atoms with Gasteiger partial charge in [0.2, 0.25) is 0 Å². The highest BCUT2D eigenvalue weighted by molar-refractivity contribution is 5.91. The molecule has 3 aromatic carbocycles. The highest BCUT2D eigenvalue weighted by atomic mass is 16.5. The van der Waals surface area contributed by atoms with Crippen LogP contribution >= 0.6 is 0 Å². The molecule has 0 radical (unpaired) electrons. The molecule has 0 bridgehead atoms. The summed E-state index contributed by atoms with van der Waals surface area (Å²) < 4.78 is 11.2. The molecule has 0 saturated heterocycles. The van der Waals surface area contributed by atoms with E-state index in [1.54, 1.807) is 60.7 Å². The summed E-state index contributed by atoms with van der Waals surface area (Å²) in [5.41, 5.74) is 2.48. The average molecular weight is 447 g/mol. The lowest BCUT2D eigenvalue weighted by atomic mass is 10.0. The molecule has 0 aliphatic heterocycles. The first-order valence-electron chi connectivity index (χ1n) is 11.5. The maximum absolute atomic E-state index is 12.4. The topological polar surface area (TPSA) is 72.8 Å². The number of hydrogen-bond acceptors (Lipinski definition) is 4. The van der Waals surface area contributed by atoms with E-state index < -0.39 is 11.9 Å². The van der Waals surface area contributed by atoms with Gasteiger partial charge in [0, 0.05) is 0 Å². The standard InChI is InChI=1S/C28H30O5/c1-2-3-4-5-6-7-20-32-25-16-14-24(15-17-25)28(31)33-26-18-12-22(13-19-26)21-8-10-23(11-9-21)27(29)30/h8-19H,2-7,20H2,1H3,(H,29,30). The monoisotopic (exact) mass is 446 g/mol. The van der Waals surface area contributed by atoms with Gasteiger partial charge in [-0.2, -0.15) is 0 Å². The normalized spacial score (nSPS) is 10.6. The van der Waals surface area contributed by atoms with E-state index in [2.05, 4.69) is 6.92 Å². The van der Waals surface area contributed by atoms with E-state index >= 15 is 0 Å². The lowest BCUT2D eigenvalue weighted by Gasteiger charge is -2.08. The smallest absolute Gasteiger partial charge is 0.343 e. The fraction of sp³-hybridized carbons (Fsp3) is 0.286. The van der Waals surface area contributed by atoms with E-state index in [0.717, 1.165) is 23.3 Å². The summed E-state index contributed by atoms with van der Waals surface area (Å²) in [6.45, 7) is 2.90. The van der Waals surface area contributed by atoms with Gasteiger partial charge in [0.1, 0.15) is 11.5 Å². The molecule has 3 aromatic rings. The van der Waals surface area contributed by atoms with E-state index in [1.165, 1.54) is 32.1 Å².